The van der Waals surface area contributed by atoms with Crippen LogP contribution in [0.4, 0.5) is 8.78 Å². The normalized spacial score (nSPS) is 35.3. The fourth-order valence-corrected chi connectivity index (χ4v) is 6.61. The topological polar surface area (TPSA) is 29.5 Å². The van der Waals surface area contributed by atoms with E-state index in [-0.39, 0.29) is 5.92 Å². The van der Waals surface area contributed by atoms with Gasteiger partial charge in [-0.05, 0) is 112 Å². The van der Waals surface area contributed by atoms with Crippen LogP contribution in [0.5, 0.6) is 5.75 Å². The molecule has 4 rings (SSSR count). The van der Waals surface area contributed by atoms with Gasteiger partial charge in [0, 0.05) is 0 Å². The van der Waals surface area contributed by atoms with Crippen LogP contribution in [0.15, 0.2) is 12.1 Å². The quantitative estimate of drug-likeness (QED) is 0.540. The van der Waals surface area contributed by atoms with E-state index in [0.29, 0.717) is 11.7 Å². The lowest BCUT2D eigenvalue weighted by molar-refractivity contribution is -0.0436. The number of ether oxygens (including phenoxy) is 1. The van der Waals surface area contributed by atoms with E-state index in [1.165, 1.54) is 57.4 Å². The fraction of sp³-hybridized carbons (Fsp3) is 0.769. The van der Waals surface area contributed by atoms with Gasteiger partial charge in [0.15, 0.2) is 11.6 Å². The molecule has 1 saturated heterocycles. The van der Waals surface area contributed by atoms with Gasteiger partial charge in [-0.2, -0.15) is 4.39 Å². The SMILES string of the molecule is CCCC1CCC(C2CCC(C3CCC(c4ccc(O)c(F)c4F)CC3)CC2)CO1. The first-order valence-corrected chi connectivity index (χ1v) is 12.3. The minimum atomic E-state index is -1.10. The molecular formula is C26H38F2O2. The van der Waals surface area contributed by atoms with Crippen molar-refractivity contribution in [1.82, 2.24) is 0 Å². The Kier molecular flexibility index (Phi) is 7.33. The summed E-state index contributed by atoms with van der Waals surface area (Å²) in [6.07, 6.45) is 15.0. The van der Waals surface area contributed by atoms with Gasteiger partial charge in [-0.1, -0.05) is 19.4 Å². The summed E-state index contributed by atoms with van der Waals surface area (Å²) in [6.45, 7) is 3.21. The lowest BCUT2D eigenvalue weighted by Gasteiger charge is -2.41. The summed E-state index contributed by atoms with van der Waals surface area (Å²) in [6, 6.07) is 2.86. The molecule has 0 aromatic heterocycles. The maximum Gasteiger partial charge on any atom is 0.200 e. The summed E-state index contributed by atoms with van der Waals surface area (Å²) in [5, 5.41) is 9.36. The summed E-state index contributed by atoms with van der Waals surface area (Å²) >= 11 is 0. The van der Waals surface area contributed by atoms with Gasteiger partial charge in [0.25, 0.3) is 0 Å². The van der Waals surface area contributed by atoms with E-state index in [0.717, 1.165) is 56.0 Å². The van der Waals surface area contributed by atoms with Crippen LogP contribution in [-0.2, 0) is 4.74 Å². The molecule has 3 aliphatic rings. The van der Waals surface area contributed by atoms with Gasteiger partial charge in [0.05, 0.1) is 12.7 Å². The zero-order chi connectivity index (χ0) is 21.1. The number of phenolic OH excluding ortho intramolecular Hbond substituents is 1. The van der Waals surface area contributed by atoms with Crippen LogP contribution < -0.4 is 0 Å². The molecule has 0 radical (unpaired) electrons. The molecule has 1 aromatic rings. The third-order valence-corrected chi connectivity index (χ3v) is 8.47. The van der Waals surface area contributed by atoms with Crippen molar-refractivity contribution in [2.24, 2.45) is 23.7 Å². The molecule has 2 aliphatic carbocycles. The van der Waals surface area contributed by atoms with Crippen LogP contribution in [0.3, 0.4) is 0 Å². The van der Waals surface area contributed by atoms with Crippen LogP contribution >= 0.6 is 0 Å². The van der Waals surface area contributed by atoms with Gasteiger partial charge < -0.3 is 9.84 Å². The van der Waals surface area contributed by atoms with Crippen LogP contribution in [-0.4, -0.2) is 17.8 Å². The third-order valence-electron chi connectivity index (χ3n) is 8.47. The van der Waals surface area contributed by atoms with E-state index in [4.69, 9.17) is 4.74 Å². The maximum absolute atomic E-state index is 14.2. The second-order valence-electron chi connectivity index (χ2n) is 10.2. The zero-order valence-electron chi connectivity index (χ0n) is 18.4. The van der Waals surface area contributed by atoms with Crippen molar-refractivity contribution in [3.05, 3.63) is 29.3 Å². The summed E-state index contributed by atoms with van der Waals surface area (Å²) < 4.78 is 34.1. The largest absolute Gasteiger partial charge is 0.505 e. The maximum atomic E-state index is 14.2. The molecule has 0 amide bonds. The Labute approximate surface area is 180 Å². The molecule has 2 unspecified atom stereocenters. The Balaban J connectivity index is 1.23. The van der Waals surface area contributed by atoms with E-state index in [2.05, 4.69) is 6.92 Å². The van der Waals surface area contributed by atoms with E-state index >= 15 is 0 Å². The molecule has 1 N–H and O–H groups in total. The van der Waals surface area contributed by atoms with Crippen LogP contribution in [0.2, 0.25) is 0 Å². The highest BCUT2D eigenvalue weighted by molar-refractivity contribution is 5.32. The van der Waals surface area contributed by atoms with Crippen molar-refractivity contribution in [2.45, 2.75) is 96.0 Å². The molecule has 1 aliphatic heterocycles. The molecule has 168 valence electrons. The summed E-state index contributed by atoms with van der Waals surface area (Å²) in [7, 11) is 0. The number of benzene rings is 1. The summed E-state index contributed by atoms with van der Waals surface area (Å²) in [5.74, 6) is 0.700. The number of hydrogen-bond donors (Lipinski definition) is 1. The molecule has 4 heteroatoms. The molecule has 2 atom stereocenters. The number of halogens is 2. The highest BCUT2D eigenvalue weighted by Crippen LogP contribution is 2.46. The molecule has 2 nitrogen and oxygen atoms in total. The van der Waals surface area contributed by atoms with E-state index in [1.54, 1.807) is 6.07 Å². The minimum absolute atomic E-state index is 0.0862. The Morgan fingerprint density at radius 3 is 1.93 bits per heavy atom. The Bertz CT molecular complexity index is 683. The van der Waals surface area contributed by atoms with Crippen LogP contribution in [0.25, 0.3) is 0 Å². The van der Waals surface area contributed by atoms with Crippen molar-refractivity contribution < 1.29 is 18.6 Å². The first kappa shape index (κ1) is 22.0. The molecular weight excluding hydrogens is 382 g/mol. The summed E-state index contributed by atoms with van der Waals surface area (Å²) in [4.78, 5) is 0. The zero-order valence-corrected chi connectivity index (χ0v) is 18.4. The number of phenols is 1. The standard InChI is InChI=1S/C26H38F2O2/c1-2-3-22-13-12-21(16-30-22)19-6-4-17(5-7-19)18-8-10-20(11-9-18)23-14-15-24(29)26(28)25(23)27/h14-15,17-22,29H,2-13,16H2,1H3. The molecule has 0 bridgehead atoms. The average Bonchev–Trinajstić information content (AvgIpc) is 2.79. The molecule has 2 saturated carbocycles. The van der Waals surface area contributed by atoms with Gasteiger partial charge in [-0.3, -0.25) is 0 Å². The van der Waals surface area contributed by atoms with Gasteiger partial charge in [-0.25, -0.2) is 4.39 Å². The van der Waals surface area contributed by atoms with E-state index in [1.807, 2.05) is 0 Å². The fourth-order valence-electron chi connectivity index (χ4n) is 6.61. The molecule has 0 spiro atoms. The number of hydrogen-bond acceptors (Lipinski definition) is 2. The van der Waals surface area contributed by atoms with Crippen molar-refractivity contribution in [3.63, 3.8) is 0 Å². The summed E-state index contributed by atoms with van der Waals surface area (Å²) in [5.41, 5.74) is 0.450. The Morgan fingerprint density at radius 1 is 0.800 bits per heavy atom. The van der Waals surface area contributed by atoms with Crippen molar-refractivity contribution in [1.29, 1.82) is 0 Å². The molecule has 3 fully saturated rings. The number of rotatable bonds is 5. The van der Waals surface area contributed by atoms with Crippen LogP contribution in [0.1, 0.15) is 95.5 Å². The molecule has 1 heterocycles. The predicted molar refractivity (Wildman–Crippen MR) is 116 cm³/mol. The van der Waals surface area contributed by atoms with Gasteiger partial charge >= 0.3 is 0 Å². The van der Waals surface area contributed by atoms with E-state index < -0.39 is 17.4 Å². The lowest BCUT2D eigenvalue weighted by atomic mass is 9.66. The smallest absolute Gasteiger partial charge is 0.200 e. The second-order valence-corrected chi connectivity index (χ2v) is 10.2. The predicted octanol–water partition coefficient (Wildman–Crippen LogP) is 7.35. The molecule has 30 heavy (non-hydrogen) atoms. The third kappa shape index (κ3) is 4.84. The first-order valence-electron chi connectivity index (χ1n) is 12.3. The molecule has 1 aromatic carbocycles. The van der Waals surface area contributed by atoms with Crippen molar-refractivity contribution in [3.8, 4) is 5.75 Å². The van der Waals surface area contributed by atoms with E-state index in [9.17, 15) is 13.9 Å². The second kappa shape index (κ2) is 9.97. The Hall–Kier alpha value is -1.16. The van der Waals surface area contributed by atoms with Gasteiger partial charge in [-0.15, -0.1) is 0 Å². The first-order chi connectivity index (χ1) is 14.6. The highest BCUT2D eigenvalue weighted by atomic mass is 19.2. The van der Waals surface area contributed by atoms with Crippen molar-refractivity contribution >= 4 is 0 Å². The average molecular weight is 421 g/mol. The Morgan fingerprint density at radius 2 is 1.37 bits per heavy atom. The van der Waals surface area contributed by atoms with Gasteiger partial charge in [0.1, 0.15) is 0 Å². The number of aromatic hydroxyl groups is 1. The lowest BCUT2D eigenvalue weighted by Crippen LogP contribution is -2.33. The monoisotopic (exact) mass is 420 g/mol. The van der Waals surface area contributed by atoms with Crippen LogP contribution in [0, 0.1) is 35.3 Å². The van der Waals surface area contributed by atoms with Crippen molar-refractivity contribution in [2.75, 3.05) is 6.61 Å². The van der Waals surface area contributed by atoms with Gasteiger partial charge in [0.2, 0.25) is 5.82 Å². The minimum Gasteiger partial charge on any atom is -0.505 e. The highest BCUT2D eigenvalue weighted by Gasteiger charge is 2.35.